The van der Waals surface area contributed by atoms with Gasteiger partial charge in [-0.15, -0.1) is 17.8 Å². The van der Waals surface area contributed by atoms with Gasteiger partial charge in [0.2, 0.25) is 5.91 Å². The van der Waals surface area contributed by atoms with Crippen LogP contribution < -0.4 is 10.1 Å². The number of carbonyl (C=O) groups is 1. The molecule has 1 aliphatic rings. The summed E-state index contributed by atoms with van der Waals surface area (Å²) in [5.41, 5.74) is 4.24. The maximum atomic E-state index is 12.3. The minimum Gasteiger partial charge on any atom is -0.481 e. The number of hydrogen-bond acceptors (Lipinski definition) is 3. The molecule has 1 atom stereocenters. The second kappa shape index (κ2) is 7.07. The first-order valence-corrected chi connectivity index (χ1v) is 9.27. The zero-order valence-electron chi connectivity index (χ0n) is 14.1. The topological polar surface area (TPSA) is 38.3 Å². The third-order valence-corrected chi connectivity index (χ3v) is 5.58. The molecule has 1 aliphatic heterocycles. The van der Waals surface area contributed by atoms with E-state index in [1.54, 1.807) is 11.3 Å². The normalized spacial score (nSPS) is 15.7. The Morgan fingerprint density at radius 2 is 1.92 bits per heavy atom. The molecule has 128 valence electrons. The van der Waals surface area contributed by atoms with Crippen molar-refractivity contribution in [1.82, 2.24) is 0 Å². The van der Waals surface area contributed by atoms with Gasteiger partial charge >= 0.3 is 0 Å². The van der Waals surface area contributed by atoms with Gasteiger partial charge < -0.3 is 10.1 Å². The third kappa shape index (κ3) is 3.10. The maximum Gasteiger partial charge on any atom is 0.225 e. The highest BCUT2D eigenvalue weighted by atomic mass is 32.1. The van der Waals surface area contributed by atoms with Crippen LogP contribution in [0.3, 0.4) is 0 Å². The van der Waals surface area contributed by atoms with Crippen LogP contribution in [-0.4, -0.2) is 12.5 Å². The number of carbonyl (C=O) groups excluding carboxylic acids is 1. The highest BCUT2D eigenvalue weighted by Gasteiger charge is 2.30. The molecule has 0 fully saturated rings. The lowest BCUT2D eigenvalue weighted by Crippen LogP contribution is -2.22. The van der Waals surface area contributed by atoms with Gasteiger partial charge in [0, 0.05) is 28.2 Å². The van der Waals surface area contributed by atoms with Crippen molar-refractivity contribution < 1.29 is 9.53 Å². The first-order valence-electron chi connectivity index (χ1n) is 8.39. The Labute approximate surface area is 156 Å². The molecule has 4 heteroatoms. The van der Waals surface area contributed by atoms with E-state index < -0.39 is 0 Å². The lowest BCUT2D eigenvalue weighted by atomic mass is 9.89. The number of rotatable bonds is 4. The molecule has 0 bridgehead atoms. The fourth-order valence-corrected chi connectivity index (χ4v) is 4.41. The van der Waals surface area contributed by atoms with Crippen molar-refractivity contribution in [3.63, 3.8) is 0 Å². The molecule has 1 aromatic heterocycles. The predicted molar refractivity (Wildman–Crippen MR) is 106 cm³/mol. The van der Waals surface area contributed by atoms with Crippen molar-refractivity contribution in [3.8, 4) is 29.2 Å². The quantitative estimate of drug-likeness (QED) is 0.673. The molecular formula is C22H17NO2S. The summed E-state index contributed by atoms with van der Waals surface area (Å²) < 4.78 is 5.44. The van der Waals surface area contributed by atoms with E-state index in [0.29, 0.717) is 6.42 Å². The molecule has 0 saturated heterocycles. The van der Waals surface area contributed by atoms with E-state index >= 15 is 0 Å². The van der Waals surface area contributed by atoms with Gasteiger partial charge in [-0.1, -0.05) is 48.4 Å². The summed E-state index contributed by atoms with van der Waals surface area (Å²) in [7, 11) is 0. The lowest BCUT2D eigenvalue weighted by molar-refractivity contribution is -0.116. The zero-order valence-corrected chi connectivity index (χ0v) is 14.9. The van der Waals surface area contributed by atoms with Gasteiger partial charge in [0.15, 0.2) is 0 Å². The minimum atomic E-state index is 0.0470. The number of thiophene rings is 1. The van der Waals surface area contributed by atoms with Crippen LogP contribution in [0, 0.1) is 12.3 Å². The standard InChI is InChI=1S/C22H17NO2S/c1-2-12-25-17-10-8-16(9-11-17)18-13-20(24)23-21-19(14-26-22(18)21)15-6-4-3-5-7-15/h1,3-11,14,18H,12-13H2,(H,23,24)/t18-/m0/s1. The van der Waals surface area contributed by atoms with Crippen molar-refractivity contribution in [1.29, 1.82) is 0 Å². The van der Waals surface area contributed by atoms with E-state index in [-0.39, 0.29) is 18.4 Å². The average molecular weight is 359 g/mol. The monoisotopic (exact) mass is 359 g/mol. The number of ether oxygens (including phenoxy) is 1. The minimum absolute atomic E-state index is 0.0470. The maximum absolute atomic E-state index is 12.3. The van der Waals surface area contributed by atoms with Gasteiger partial charge in [-0.05, 0) is 23.3 Å². The number of benzene rings is 2. The van der Waals surface area contributed by atoms with Gasteiger partial charge in [-0.25, -0.2) is 0 Å². The Morgan fingerprint density at radius 3 is 2.65 bits per heavy atom. The Hall–Kier alpha value is -3.03. The largest absolute Gasteiger partial charge is 0.481 e. The van der Waals surface area contributed by atoms with Crippen LogP contribution >= 0.6 is 11.3 Å². The van der Waals surface area contributed by atoms with Crippen LogP contribution in [0.25, 0.3) is 11.1 Å². The summed E-state index contributed by atoms with van der Waals surface area (Å²) >= 11 is 1.70. The molecule has 3 aromatic rings. The molecule has 2 heterocycles. The smallest absolute Gasteiger partial charge is 0.225 e. The van der Waals surface area contributed by atoms with Gasteiger partial charge in [-0.3, -0.25) is 4.79 Å². The number of nitrogens with one attached hydrogen (secondary N) is 1. The molecule has 1 N–H and O–H groups in total. The second-order valence-electron chi connectivity index (χ2n) is 6.12. The molecule has 0 unspecified atom stereocenters. The Morgan fingerprint density at radius 1 is 1.15 bits per heavy atom. The van der Waals surface area contributed by atoms with Crippen molar-refractivity contribution >= 4 is 22.9 Å². The summed E-state index contributed by atoms with van der Waals surface area (Å²) in [5, 5.41) is 5.20. The van der Waals surface area contributed by atoms with Crippen LogP contribution in [0.1, 0.15) is 22.8 Å². The molecule has 0 spiro atoms. The first kappa shape index (κ1) is 16.4. The summed E-state index contributed by atoms with van der Waals surface area (Å²) in [4.78, 5) is 13.5. The molecule has 0 radical (unpaired) electrons. The molecule has 2 aromatic carbocycles. The first-order chi connectivity index (χ1) is 12.8. The van der Waals surface area contributed by atoms with Gasteiger partial charge in [-0.2, -0.15) is 0 Å². The van der Waals surface area contributed by atoms with Crippen molar-refractivity contribution in [2.75, 3.05) is 11.9 Å². The van der Waals surface area contributed by atoms with Crippen LogP contribution in [0.2, 0.25) is 0 Å². The van der Waals surface area contributed by atoms with Crippen molar-refractivity contribution in [2.45, 2.75) is 12.3 Å². The fourth-order valence-electron chi connectivity index (χ4n) is 3.25. The number of anilines is 1. The van der Waals surface area contributed by atoms with E-state index in [2.05, 4.69) is 28.8 Å². The highest BCUT2D eigenvalue weighted by Crippen LogP contribution is 2.46. The van der Waals surface area contributed by atoms with Crippen molar-refractivity contribution in [3.05, 3.63) is 70.4 Å². The Bertz CT molecular complexity index is 968. The van der Waals surface area contributed by atoms with Gasteiger partial charge in [0.25, 0.3) is 0 Å². The number of terminal acetylenes is 1. The number of amides is 1. The third-order valence-electron chi connectivity index (χ3n) is 4.48. The molecule has 0 saturated carbocycles. The molecular weight excluding hydrogens is 342 g/mol. The van der Waals surface area contributed by atoms with E-state index in [1.807, 2.05) is 42.5 Å². The summed E-state index contributed by atoms with van der Waals surface area (Å²) in [6.07, 6.45) is 5.67. The molecule has 1 amide bonds. The summed E-state index contributed by atoms with van der Waals surface area (Å²) in [5.74, 6) is 3.30. The van der Waals surface area contributed by atoms with E-state index in [1.165, 1.54) is 4.88 Å². The van der Waals surface area contributed by atoms with E-state index in [4.69, 9.17) is 11.2 Å². The molecule has 26 heavy (non-hydrogen) atoms. The van der Waals surface area contributed by atoms with E-state index in [0.717, 1.165) is 28.1 Å². The Balaban J connectivity index is 1.69. The number of fused-ring (bicyclic) bond motifs is 1. The molecule has 0 aliphatic carbocycles. The van der Waals surface area contributed by atoms with Crippen LogP contribution in [0.15, 0.2) is 60.0 Å². The van der Waals surface area contributed by atoms with Crippen LogP contribution in [0.5, 0.6) is 5.75 Å². The predicted octanol–water partition coefficient (Wildman–Crippen LogP) is 4.90. The SMILES string of the molecule is C#CCOc1ccc([C@@H]2CC(=O)Nc3c(-c4ccccc4)csc32)cc1. The lowest BCUT2D eigenvalue weighted by Gasteiger charge is -2.24. The second-order valence-corrected chi connectivity index (χ2v) is 7.03. The average Bonchev–Trinajstić information content (AvgIpc) is 3.10. The van der Waals surface area contributed by atoms with Crippen LogP contribution in [0.4, 0.5) is 5.69 Å². The summed E-state index contributed by atoms with van der Waals surface area (Å²) in [6, 6.07) is 18.0. The van der Waals surface area contributed by atoms with Gasteiger partial charge in [0.05, 0.1) is 5.69 Å². The zero-order chi connectivity index (χ0) is 17.9. The van der Waals surface area contributed by atoms with Crippen LogP contribution in [-0.2, 0) is 4.79 Å². The molecule has 3 nitrogen and oxygen atoms in total. The number of hydrogen-bond donors (Lipinski definition) is 1. The Kier molecular flexibility index (Phi) is 4.47. The molecule has 4 rings (SSSR count). The summed E-state index contributed by atoms with van der Waals surface area (Å²) in [6.45, 7) is 0.251. The van der Waals surface area contributed by atoms with Crippen molar-refractivity contribution in [2.24, 2.45) is 0 Å². The highest BCUT2D eigenvalue weighted by molar-refractivity contribution is 7.11. The fraction of sp³-hybridized carbons (Fsp3) is 0.136. The van der Waals surface area contributed by atoms with Gasteiger partial charge in [0.1, 0.15) is 12.4 Å². The van der Waals surface area contributed by atoms with E-state index in [9.17, 15) is 4.79 Å².